The summed E-state index contributed by atoms with van der Waals surface area (Å²) in [4.78, 5) is 7.78. The van der Waals surface area contributed by atoms with Crippen LogP contribution in [-0.2, 0) is 0 Å². The summed E-state index contributed by atoms with van der Waals surface area (Å²) in [5.74, 6) is 0.219. The quantitative estimate of drug-likeness (QED) is 0.203. The van der Waals surface area contributed by atoms with Crippen LogP contribution >= 0.6 is 0 Å². The number of fused-ring (bicyclic) bond motifs is 10. The molecule has 2 aliphatic heterocycles. The van der Waals surface area contributed by atoms with Crippen LogP contribution in [0, 0.1) is 5.92 Å². The normalized spacial score (nSPS) is 20.3. The first kappa shape index (κ1) is 29.4. The molecule has 6 aromatic carbocycles. The second-order valence-corrected chi connectivity index (χ2v) is 14.2. The molecule has 0 saturated heterocycles. The zero-order valence-electron chi connectivity index (χ0n) is 28.7. The number of nitrogens with one attached hydrogen (secondary N) is 1. The van der Waals surface area contributed by atoms with Gasteiger partial charge in [0, 0.05) is 49.9 Å². The summed E-state index contributed by atoms with van der Waals surface area (Å²) in [5.41, 5.74) is 11.4. The van der Waals surface area contributed by atoms with E-state index in [4.69, 9.17) is 4.99 Å². The Kier molecular flexibility index (Phi) is 6.53. The number of aromatic nitrogens is 1. The molecule has 2 aliphatic carbocycles. The lowest BCUT2D eigenvalue weighted by Crippen LogP contribution is -2.46. The van der Waals surface area contributed by atoms with Crippen LogP contribution in [0.2, 0.25) is 0 Å². The number of para-hydroxylation sites is 3. The topological polar surface area (TPSA) is 32.6 Å². The molecule has 1 N–H and O–H groups in total. The smallest absolute Gasteiger partial charge is 0.126 e. The van der Waals surface area contributed by atoms with Crippen molar-refractivity contribution in [2.45, 2.75) is 25.0 Å². The first-order valence-corrected chi connectivity index (χ1v) is 18.4. The van der Waals surface area contributed by atoms with Crippen LogP contribution < -0.4 is 20.8 Å². The highest BCUT2D eigenvalue weighted by Crippen LogP contribution is 2.51. The maximum absolute atomic E-state index is 5.23. The fraction of sp³-hybridized carbons (Fsp3) is 0.104. The zero-order valence-corrected chi connectivity index (χ0v) is 28.7. The molecule has 248 valence electrons. The van der Waals surface area contributed by atoms with Crippen molar-refractivity contribution in [3.63, 3.8) is 0 Å². The first-order valence-electron chi connectivity index (χ1n) is 18.4. The van der Waals surface area contributed by atoms with Crippen LogP contribution in [0.5, 0.6) is 0 Å². The Hall–Kier alpha value is -6.39. The van der Waals surface area contributed by atoms with Crippen molar-refractivity contribution in [3.05, 3.63) is 192 Å². The molecule has 0 amide bonds. The van der Waals surface area contributed by atoms with Crippen molar-refractivity contribution in [2.75, 3.05) is 4.90 Å². The minimum Gasteiger partial charge on any atom is -0.362 e. The predicted octanol–water partition coefficient (Wildman–Crippen LogP) is 9.63. The van der Waals surface area contributed by atoms with Crippen molar-refractivity contribution < 1.29 is 0 Å². The van der Waals surface area contributed by atoms with Crippen LogP contribution in [0.4, 0.5) is 11.4 Å². The second kappa shape index (κ2) is 11.6. The van der Waals surface area contributed by atoms with Crippen LogP contribution in [-0.4, -0.2) is 16.8 Å². The van der Waals surface area contributed by atoms with Gasteiger partial charge in [-0.15, -0.1) is 0 Å². The number of hydrogen-bond donors (Lipinski definition) is 1. The Morgan fingerprint density at radius 1 is 0.673 bits per heavy atom. The molecule has 11 rings (SSSR count). The van der Waals surface area contributed by atoms with Crippen molar-refractivity contribution in [1.29, 1.82) is 0 Å². The number of rotatable bonds is 4. The maximum atomic E-state index is 5.23. The van der Waals surface area contributed by atoms with Crippen molar-refractivity contribution in [3.8, 4) is 0 Å². The molecule has 3 unspecified atom stereocenters. The van der Waals surface area contributed by atoms with Crippen LogP contribution in [0.15, 0.2) is 175 Å². The molecule has 52 heavy (non-hydrogen) atoms. The third kappa shape index (κ3) is 4.37. The molecule has 3 atom stereocenters. The van der Waals surface area contributed by atoms with Gasteiger partial charge in [0.1, 0.15) is 6.17 Å². The van der Waals surface area contributed by atoms with Crippen molar-refractivity contribution >= 4 is 60.9 Å². The van der Waals surface area contributed by atoms with E-state index in [1.54, 1.807) is 0 Å². The minimum absolute atomic E-state index is 0.0564. The summed E-state index contributed by atoms with van der Waals surface area (Å²) in [6.45, 7) is 0. The monoisotopic (exact) mass is 668 g/mol. The van der Waals surface area contributed by atoms with E-state index in [0.717, 1.165) is 29.1 Å². The van der Waals surface area contributed by atoms with Gasteiger partial charge in [0.25, 0.3) is 0 Å². The molecule has 4 heteroatoms. The molecule has 3 heterocycles. The van der Waals surface area contributed by atoms with Gasteiger partial charge in [-0.3, -0.25) is 4.99 Å². The number of allylic oxidation sites excluding steroid dienone is 5. The molecule has 4 nitrogen and oxygen atoms in total. The molecule has 0 bridgehead atoms. The fourth-order valence-corrected chi connectivity index (χ4v) is 9.09. The van der Waals surface area contributed by atoms with Gasteiger partial charge in [-0.2, -0.15) is 0 Å². The summed E-state index contributed by atoms with van der Waals surface area (Å²) in [6, 6.07) is 48.6. The molecule has 0 fully saturated rings. The van der Waals surface area contributed by atoms with Gasteiger partial charge in [-0.25, -0.2) is 0 Å². The summed E-state index contributed by atoms with van der Waals surface area (Å²) in [7, 11) is 0. The van der Waals surface area contributed by atoms with Gasteiger partial charge in [0.2, 0.25) is 0 Å². The van der Waals surface area contributed by atoms with Crippen molar-refractivity contribution in [2.24, 2.45) is 10.9 Å². The lowest BCUT2D eigenvalue weighted by molar-refractivity contribution is 0.457. The summed E-state index contributed by atoms with van der Waals surface area (Å²) in [6.07, 6.45) is 15.8. The van der Waals surface area contributed by atoms with E-state index in [1.165, 1.54) is 66.4 Å². The van der Waals surface area contributed by atoms with Crippen LogP contribution in [0.3, 0.4) is 0 Å². The molecular weight excluding hydrogens is 633 g/mol. The van der Waals surface area contributed by atoms with Gasteiger partial charge >= 0.3 is 0 Å². The second-order valence-electron chi connectivity index (χ2n) is 14.2. The largest absolute Gasteiger partial charge is 0.362 e. The van der Waals surface area contributed by atoms with Gasteiger partial charge < -0.3 is 14.8 Å². The van der Waals surface area contributed by atoms with Crippen molar-refractivity contribution in [1.82, 2.24) is 9.88 Å². The molecule has 1 aromatic heterocycles. The maximum Gasteiger partial charge on any atom is 0.126 e. The fourth-order valence-electron chi connectivity index (χ4n) is 9.09. The Bertz CT molecular complexity index is 2840. The molecule has 4 aliphatic rings. The van der Waals surface area contributed by atoms with Gasteiger partial charge in [-0.05, 0) is 65.8 Å². The van der Waals surface area contributed by atoms with Gasteiger partial charge in [0.05, 0.1) is 28.1 Å². The van der Waals surface area contributed by atoms with E-state index in [0.29, 0.717) is 6.04 Å². The molecule has 0 saturated carbocycles. The van der Waals surface area contributed by atoms with E-state index < -0.39 is 0 Å². The predicted molar refractivity (Wildman–Crippen MR) is 216 cm³/mol. The minimum atomic E-state index is -0.0564. The summed E-state index contributed by atoms with van der Waals surface area (Å²) in [5, 5.41) is 11.2. The third-order valence-electron chi connectivity index (χ3n) is 11.4. The highest BCUT2D eigenvalue weighted by Gasteiger charge is 2.36. The summed E-state index contributed by atoms with van der Waals surface area (Å²) >= 11 is 0. The molecule has 0 spiro atoms. The summed E-state index contributed by atoms with van der Waals surface area (Å²) < 4.78 is 2.50. The van der Waals surface area contributed by atoms with E-state index in [-0.39, 0.29) is 12.1 Å². The Morgan fingerprint density at radius 2 is 1.42 bits per heavy atom. The SMILES string of the molecule is C1=CCC2C(=C1)c1c(ccc3c1ccc1c4ccccc4n(C4=CCC(C5N=c6ccccc6=C(c6ccccc6)N5)C=C4)c31)N2c1ccccc1. The average molecular weight is 669 g/mol. The number of anilines is 2. The zero-order chi connectivity index (χ0) is 34.2. The van der Waals surface area contributed by atoms with E-state index in [2.05, 4.69) is 185 Å². The van der Waals surface area contributed by atoms with E-state index >= 15 is 0 Å². The average Bonchev–Trinajstić information content (AvgIpc) is 3.75. The van der Waals surface area contributed by atoms with Gasteiger partial charge in [-0.1, -0.05) is 134 Å². The molecular formula is C48H36N4. The number of nitrogens with zero attached hydrogens (tertiary/aromatic N) is 3. The number of benzene rings is 6. The van der Waals surface area contributed by atoms with E-state index in [9.17, 15) is 0 Å². The standard InChI is InChI=1S/C48H36N4/c1-3-13-31(14-4-1)46-39-18-7-10-20-41(39)49-48(50-46)32-23-25-34(26-24-32)52-42-21-11-8-17-35(42)37-28-27-36-38(47(37)52)29-30-44-45(36)40-19-9-12-22-43(40)51(44)33-15-5-2-6-16-33/h1-21,23,25-30,32,43,48,50H,22,24H2. The highest BCUT2D eigenvalue weighted by molar-refractivity contribution is 6.22. The lowest BCUT2D eigenvalue weighted by atomic mass is 9.91. The third-order valence-corrected chi connectivity index (χ3v) is 11.4. The Labute approximate surface area is 302 Å². The van der Waals surface area contributed by atoms with E-state index in [1.807, 2.05) is 0 Å². The van der Waals surface area contributed by atoms with Gasteiger partial charge in [0.15, 0.2) is 0 Å². The molecule has 0 radical (unpaired) electrons. The molecule has 7 aromatic rings. The lowest BCUT2D eigenvalue weighted by Gasteiger charge is -2.29. The Morgan fingerprint density at radius 3 is 2.29 bits per heavy atom. The first-order chi connectivity index (χ1) is 25.8. The highest BCUT2D eigenvalue weighted by atomic mass is 15.2. The Balaban J connectivity index is 1.04. The van der Waals surface area contributed by atoms with Crippen LogP contribution in [0.25, 0.3) is 49.5 Å². The van der Waals surface area contributed by atoms with Crippen LogP contribution in [0.1, 0.15) is 24.0 Å². The number of hydrogen-bond acceptors (Lipinski definition) is 3.